The first-order chi connectivity index (χ1) is 11.4. The highest BCUT2D eigenvalue weighted by Crippen LogP contribution is 2.21. The van der Waals surface area contributed by atoms with E-state index in [-0.39, 0.29) is 24.8 Å². The number of para-hydroxylation sites is 2. The summed E-state index contributed by atoms with van der Waals surface area (Å²) in [6, 6.07) is 22.3. The van der Waals surface area contributed by atoms with Gasteiger partial charge in [-0.1, -0.05) is 42.5 Å². The quantitative estimate of drug-likeness (QED) is 0.375. The summed E-state index contributed by atoms with van der Waals surface area (Å²) in [7, 11) is 0. The van der Waals surface area contributed by atoms with Gasteiger partial charge < -0.3 is 4.98 Å². The lowest BCUT2D eigenvalue weighted by Gasteiger charge is -1.96. The van der Waals surface area contributed by atoms with Crippen LogP contribution in [0.15, 0.2) is 85.3 Å². The third kappa shape index (κ3) is 3.90. The van der Waals surface area contributed by atoms with E-state index in [0.29, 0.717) is 0 Å². The largest absolute Gasteiger partial charge is 0.360 e. The van der Waals surface area contributed by atoms with E-state index in [0.717, 1.165) is 16.6 Å². The fraction of sp³-hybridized carbons (Fsp3) is 0. The van der Waals surface area contributed by atoms with Crippen LogP contribution in [0, 0.1) is 0 Å². The van der Waals surface area contributed by atoms with E-state index < -0.39 is 0 Å². The Morgan fingerprint density at radius 1 is 0.640 bits per heavy atom. The van der Waals surface area contributed by atoms with E-state index in [2.05, 4.69) is 39.2 Å². The third-order valence-corrected chi connectivity index (χ3v) is 3.82. The van der Waals surface area contributed by atoms with Gasteiger partial charge in [-0.25, -0.2) is 0 Å². The first-order valence-electron chi connectivity index (χ1n) is 7.52. The molecule has 0 aliphatic rings. The molecule has 0 amide bonds. The van der Waals surface area contributed by atoms with Crippen LogP contribution in [0.25, 0.3) is 32.7 Å². The van der Waals surface area contributed by atoms with Gasteiger partial charge in [0.2, 0.25) is 0 Å². The zero-order chi connectivity index (χ0) is 15.5. The zero-order valence-electron chi connectivity index (χ0n) is 13.3. The number of benzene rings is 2. The second-order valence-electron chi connectivity index (χ2n) is 5.28. The van der Waals surface area contributed by atoms with Crippen molar-refractivity contribution in [2.24, 2.45) is 0 Å². The van der Waals surface area contributed by atoms with Crippen molar-refractivity contribution in [1.29, 1.82) is 0 Å². The number of hydrogen-bond donors (Lipinski definition) is 1. The summed E-state index contributed by atoms with van der Waals surface area (Å²) in [5.74, 6) is 0. The Labute approximate surface area is 157 Å². The van der Waals surface area contributed by atoms with Crippen molar-refractivity contribution in [3.8, 4) is 0 Å². The molecule has 0 bridgehead atoms. The number of nitrogens with one attached hydrogen (secondary N) is 1. The Hall–Kier alpha value is -2.62. The summed E-state index contributed by atoms with van der Waals surface area (Å²) in [5.41, 5.74) is 3.21. The molecule has 126 valence electrons. The van der Waals surface area contributed by atoms with Crippen molar-refractivity contribution < 1.29 is 0 Å². The van der Waals surface area contributed by atoms with Gasteiger partial charge >= 0.3 is 0 Å². The van der Waals surface area contributed by atoms with Gasteiger partial charge in [0.05, 0.1) is 22.7 Å². The predicted molar refractivity (Wildman–Crippen MR) is 110 cm³/mol. The molecule has 5 rings (SSSR count). The van der Waals surface area contributed by atoms with Crippen molar-refractivity contribution >= 4 is 57.5 Å². The van der Waals surface area contributed by atoms with E-state index in [1.54, 1.807) is 0 Å². The second-order valence-corrected chi connectivity index (χ2v) is 5.28. The standard InChI is InChI=1S/C11H8N2.C9H7N.2ClH/c1-2-4-10-8(3-1)9-5-6-12-11(9)7-13-10;1-2-6-9-8(4-1)5-3-7-10-9;;/h1-7,12H;1-7H;2*1H. The van der Waals surface area contributed by atoms with Gasteiger partial charge in [-0.15, -0.1) is 24.8 Å². The lowest BCUT2D eigenvalue weighted by Crippen LogP contribution is -1.78. The van der Waals surface area contributed by atoms with Crippen LogP contribution in [0.3, 0.4) is 0 Å². The van der Waals surface area contributed by atoms with Gasteiger partial charge in [0.15, 0.2) is 0 Å². The normalized spacial score (nSPS) is 9.76. The highest BCUT2D eigenvalue weighted by molar-refractivity contribution is 6.04. The molecule has 5 heteroatoms. The molecule has 0 aliphatic heterocycles. The maximum atomic E-state index is 4.35. The molecule has 25 heavy (non-hydrogen) atoms. The summed E-state index contributed by atoms with van der Waals surface area (Å²) in [6.07, 6.45) is 5.62. The number of H-pyrrole nitrogens is 1. The van der Waals surface area contributed by atoms with Crippen LogP contribution in [0.4, 0.5) is 0 Å². The molecule has 3 aromatic heterocycles. The van der Waals surface area contributed by atoms with Crippen LogP contribution in [-0.2, 0) is 0 Å². The van der Waals surface area contributed by atoms with Crippen LogP contribution in [0.5, 0.6) is 0 Å². The minimum absolute atomic E-state index is 0. The smallest absolute Gasteiger partial charge is 0.0709 e. The highest BCUT2D eigenvalue weighted by atomic mass is 35.5. The summed E-state index contributed by atoms with van der Waals surface area (Å²) >= 11 is 0. The van der Waals surface area contributed by atoms with Crippen molar-refractivity contribution in [3.63, 3.8) is 0 Å². The molecule has 3 heterocycles. The van der Waals surface area contributed by atoms with E-state index in [1.807, 2.05) is 61.1 Å². The van der Waals surface area contributed by atoms with Crippen LogP contribution >= 0.6 is 24.8 Å². The summed E-state index contributed by atoms with van der Waals surface area (Å²) in [5, 5.41) is 3.65. The molecule has 2 aromatic carbocycles. The fourth-order valence-corrected chi connectivity index (χ4v) is 2.69. The fourth-order valence-electron chi connectivity index (χ4n) is 2.69. The monoisotopic (exact) mass is 369 g/mol. The molecule has 5 aromatic rings. The summed E-state index contributed by atoms with van der Waals surface area (Å²) in [6.45, 7) is 0. The number of aromatic amines is 1. The lowest BCUT2D eigenvalue weighted by atomic mass is 10.1. The molecule has 0 aliphatic carbocycles. The van der Waals surface area contributed by atoms with Crippen LogP contribution in [-0.4, -0.2) is 15.0 Å². The Morgan fingerprint density at radius 3 is 2.20 bits per heavy atom. The molecule has 0 unspecified atom stereocenters. The van der Waals surface area contributed by atoms with Gasteiger partial charge in [-0.3, -0.25) is 9.97 Å². The SMILES string of the molecule is Cl.Cl.c1ccc2c(c1)ncc1[nH]ccc12.c1ccc2ncccc2c1. The topological polar surface area (TPSA) is 41.6 Å². The average Bonchev–Trinajstić information content (AvgIpc) is 3.12. The number of fused-ring (bicyclic) bond motifs is 4. The van der Waals surface area contributed by atoms with Crippen LogP contribution in [0.1, 0.15) is 0 Å². The van der Waals surface area contributed by atoms with Gasteiger partial charge in [-0.05, 0) is 24.3 Å². The molecule has 0 spiro atoms. The average molecular weight is 370 g/mol. The van der Waals surface area contributed by atoms with E-state index in [1.165, 1.54) is 16.2 Å². The molecule has 1 N–H and O–H groups in total. The molecule has 0 radical (unpaired) electrons. The number of nitrogens with zero attached hydrogens (tertiary/aromatic N) is 2. The van der Waals surface area contributed by atoms with Crippen LogP contribution < -0.4 is 0 Å². The number of hydrogen-bond acceptors (Lipinski definition) is 2. The Morgan fingerprint density at radius 2 is 1.36 bits per heavy atom. The van der Waals surface area contributed by atoms with Gasteiger partial charge in [0, 0.05) is 28.6 Å². The second kappa shape index (κ2) is 8.47. The summed E-state index contributed by atoms with van der Waals surface area (Å²) in [4.78, 5) is 11.7. The first-order valence-corrected chi connectivity index (χ1v) is 7.52. The number of halogens is 2. The molecule has 0 fully saturated rings. The van der Waals surface area contributed by atoms with Crippen molar-refractivity contribution in [2.75, 3.05) is 0 Å². The minimum atomic E-state index is 0. The molecule has 0 atom stereocenters. The van der Waals surface area contributed by atoms with Crippen molar-refractivity contribution in [3.05, 3.63) is 85.3 Å². The highest BCUT2D eigenvalue weighted by Gasteiger charge is 1.99. The van der Waals surface area contributed by atoms with Gasteiger partial charge in [0.25, 0.3) is 0 Å². The lowest BCUT2D eigenvalue weighted by molar-refractivity contribution is 1.40. The van der Waals surface area contributed by atoms with Crippen molar-refractivity contribution in [2.45, 2.75) is 0 Å². The number of rotatable bonds is 0. The molecular formula is C20H17Cl2N3. The van der Waals surface area contributed by atoms with Crippen LogP contribution in [0.2, 0.25) is 0 Å². The predicted octanol–water partition coefficient (Wildman–Crippen LogP) is 5.79. The molecule has 0 saturated heterocycles. The van der Waals surface area contributed by atoms with Gasteiger partial charge in [0.1, 0.15) is 0 Å². The molecule has 3 nitrogen and oxygen atoms in total. The zero-order valence-corrected chi connectivity index (χ0v) is 14.9. The van der Waals surface area contributed by atoms with Gasteiger partial charge in [-0.2, -0.15) is 0 Å². The minimum Gasteiger partial charge on any atom is -0.360 e. The Bertz CT molecular complexity index is 1020. The van der Waals surface area contributed by atoms with Crippen molar-refractivity contribution in [1.82, 2.24) is 15.0 Å². The maximum absolute atomic E-state index is 4.35. The van der Waals surface area contributed by atoms with E-state index >= 15 is 0 Å². The third-order valence-electron chi connectivity index (χ3n) is 3.82. The first kappa shape index (κ1) is 18.7. The Kier molecular flexibility index (Phi) is 6.34. The van der Waals surface area contributed by atoms with E-state index in [4.69, 9.17) is 0 Å². The number of pyridine rings is 2. The maximum Gasteiger partial charge on any atom is 0.0709 e. The summed E-state index contributed by atoms with van der Waals surface area (Å²) < 4.78 is 0. The van der Waals surface area contributed by atoms with E-state index in [9.17, 15) is 0 Å². The number of aromatic nitrogens is 3. The molecule has 0 saturated carbocycles. The Balaban J connectivity index is 0.000000172. The molecular weight excluding hydrogens is 353 g/mol.